The molecule has 0 saturated carbocycles. The van der Waals surface area contributed by atoms with E-state index in [2.05, 4.69) is 131 Å². The second kappa shape index (κ2) is 9.30. The van der Waals surface area contributed by atoms with E-state index < -0.39 is 0 Å². The van der Waals surface area contributed by atoms with Gasteiger partial charge in [-0.05, 0) is 59.2 Å². The molecule has 0 unspecified atom stereocenters. The van der Waals surface area contributed by atoms with Crippen LogP contribution >= 0.6 is 15.9 Å². The van der Waals surface area contributed by atoms with E-state index in [1.54, 1.807) is 0 Å². The molecule has 3 heteroatoms. The molecule has 0 atom stereocenters. The van der Waals surface area contributed by atoms with Gasteiger partial charge in [-0.25, -0.2) is 0 Å². The summed E-state index contributed by atoms with van der Waals surface area (Å²) in [5.74, 6) is 0. The number of aromatic nitrogens is 1. The smallest absolute Gasteiger partial charge is 0.143 e. The summed E-state index contributed by atoms with van der Waals surface area (Å²) in [6.45, 7) is 8.06. The van der Waals surface area contributed by atoms with Crippen LogP contribution in [0.4, 0.5) is 0 Å². The fourth-order valence-electron chi connectivity index (χ4n) is 5.50. The van der Waals surface area contributed by atoms with E-state index in [4.69, 9.17) is 4.42 Å². The summed E-state index contributed by atoms with van der Waals surface area (Å²) < 4.78 is 9.50. The zero-order chi connectivity index (χ0) is 26.5. The molecule has 0 spiro atoms. The number of allylic oxidation sites excluding steroid dienone is 4. The van der Waals surface area contributed by atoms with E-state index in [-0.39, 0.29) is 0 Å². The molecule has 0 N–H and O–H groups in total. The van der Waals surface area contributed by atoms with Crippen molar-refractivity contribution in [2.24, 2.45) is 0 Å². The molecule has 0 saturated heterocycles. The number of hydrogen-bond acceptors (Lipinski definition) is 1. The minimum atomic E-state index is 0.821. The topological polar surface area (TPSA) is 18.1 Å². The van der Waals surface area contributed by atoms with Gasteiger partial charge in [0.2, 0.25) is 0 Å². The monoisotopic (exact) mass is 565 g/mol. The molecule has 5 aromatic carbocycles. The van der Waals surface area contributed by atoms with E-state index in [1.807, 2.05) is 24.3 Å². The molecule has 0 aliphatic carbocycles. The third-order valence-corrected chi connectivity index (χ3v) is 7.61. The summed E-state index contributed by atoms with van der Waals surface area (Å²) in [6.07, 6.45) is 3.88. The molecule has 2 aromatic heterocycles. The fourth-order valence-corrected chi connectivity index (χ4v) is 5.64. The van der Waals surface area contributed by atoms with Gasteiger partial charge in [-0.1, -0.05) is 108 Å². The highest BCUT2D eigenvalue weighted by Crippen LogP contribution is 2.39. The summed E-state index contributed by atoms with van der Waals surface area (Å²) in [5, 5.41) is 4.72. The number of fused-ring (bicyclic) bond motifs is 6. The lowest BCUT2D eigenvalue weighted by Crippen LogP contribution is -1.94. The second-order valence-electron chi connectivity index (χ2n) is 9.72. The molecular formula is C36H24BrNO. The van der Waals surface area contributed by atoms with Crippen molar-refractivity contribution >= 4 is 65.2 Å². The highest BCUT2D eigenvalue weighted by Gasteiger charge is 2.16. The first-order valence-electron chi connectivity index (χ1n) is 12.8. The average Bonchev–Trinajstić information content (AvgIpc) is 3.51. The average molecular weight is 566 g/mol. The fraction of sp³-hybridized carbons (Fsp3) is 0. The molecule has 0 bridgehead atoms. The van der Waals surface area contributed by atoms with E-state index in [0.717, 1.165) is 54.4 Å². The summed E-state index contributed by atoms with van der Waals surface area (Å²) in [6, 6.07) is 38.5. The minimum absolute atomic E-state index is 0.821. The van der Waals surface area contributed by atoms with Crippen LogP contribution in [0.25, 0.3) is 66.1 Å². The van der Waals surface area contributed by atoms with Gasteiger partial charge in [-0.3, -0.25) is 0 Å². The Kier molecular flexibility index (Phi) is 5.61. The molecular weight excluding hydrogens is 542 g/mol. The third kappa shape index (κ3) is 3.94. The van der Waals surface area contributed by atoms with Gasteiger partial charge in [-0.2, -0.15) is 0 Å². The lowest BCUT2D eigenvalue weighted by molar-refractivity contribution is 0.670. The largest absolute Gasteiger partial charge is 0.455 e. The number of para-hydroxylation sites is 3. The van der Waals surface area contributed by atoms with Crippen LogP contribution in [-0.2, 0) is 0 Å². The van der Waals surface area contributed by atoms with Crippen molar-refractivity contribution < 1.29 is 4.42 Å². The number of nitrogens with zero attached hydrogens (tertiary/aromatic N) is 1. The van der Waals surface area contributed by atoms with Crippen LogP contribution in [0, 0.1) is 0 Å². The summed E-state index contributed by atoms with van der Waals surface area (Å²) in [7, 11) is 0. The van der Waals surface area contributed by atoms with Gasteiger partial charge in [0.1, 0.15) is 11.2 Å². The van der Waals surface area contributed by atoms with E-state index in [0.29, 0.717) is 0 Å². The molecule has 0 aliphatic rings. The molecule has 2 heterocycles. The zero-order valence-electron chi connectivity index (χ0n) is 21.2. The molecule has 0 fully saturated rings. The van der Waals surface area contributed by atoms with Crippen molar-refractivity contribution in [1.82, 2.24) is 4.57 Å². The second-order valence-corrected chi connectivity index (χ2v) is 10.7. The highest BCUT2D eigenvalue weighted by atomic mass is 79.9. The van der Waals surface area contributed by atoms with E-state index in [9.17, 15) is 0 Å². The Balaban J connectivity index is 1.38. The Morgan fingerprint density at radius 1 is 0.667 bits per heavy atom. The van der Waals surface area contributed by atoms with Crippen molar-refractivity contribution in [1.29, 1.82) is 0 Å². The van der Waals surface area contributed by atoms with Gasteiger partial charge in [0, 0.05) is 37.3 Å². The Morgan fingerprint density at radius 2 is 1.38 bits per heavy atom. The van der Waals surface area contributed by atoms with Gasteiger partial charge in [-0.15, -0.1) is 0 Å². The summed E-state index contributed by atoms with van der Waals surface area (Å²) in [4.78, 5) is 0. The van der Waals surface area contributed by atoms with Gasteiger partial charge >= 0.3 is 0 Å². The minimum Gasteiger partial charge on any atom is -0.455 e. The summed E-state index contributed by atoms with van der Waals surface area (Å²) >= 11 is 3.37. The number of halogens is 1. The maximum absolute atomic E-state index is 6.35. The van der Waals surface area contributed by atoms with Crippen molar-refractivity contribution in [2.45, 2.75) is 0 Å². The van der Waals surface area contributed by atoms with Crippen LogP contribution in [-0.4, -0.2) is 4.57 Å². The first-order chi connectivity index (χ1) is 19.1. The SMILES string of the molecule is C=C(Br)/C=C\C(=C)c1ccc(-n2c3ccccc3c3cc(-c4cccc5c4oc4ccccc45)ccc32)cc1. The van der Waals surface area contributed by atoms with Crippen LogP contribution in [0.5, 0.6) is 0 Å². The Hall–Kier alpha value is -4.60. The first kappa shape index (κ1) is 23.5. The first-order valence-corrected chi connectivity index (χ1v) is 13.6. The molecule has 2 nitrogen and oxygen atoms in total. The highest BCUT2D eigenvalue weighted by molar-refractivity contribution is 9.11. The Labute approximate surface area is 234 Å². The number of benzene rings is 5. The maximum atomic E-state index is 6.35. The lowest BCUT2D eigenvalue weighted by atomic mass is 10.0. The molecule has 0 aliphatic heterocycles. The van der Waals surface area contributed by atoms with Crippen molar-refractivity contribution in [2.75, 3.05) is 0 Å². The molecule has 186 valence electrons. The number of furan rings is 1. The normalized spacial score (nSPS) is 11.8. The van der Waals surface area contributed by atoms with Crippen LogP contribution in [0.15, 0.2) is 143 Å². The van der Waals surface area contributed by atoms with Gasteiger partial charge < -0.3 is 8.98 Å². The molecule has 39 heavy (non-hydrogen) atoms. The van der Waals surface area contributed by atoms with Crippen molar-refractivity contribution in [3.05, 3.63) is 145 Å². The van der Waals surface area contributed by atoms with E-state index in [1.165, 1.54) is 21.8 Å². The van der Waals surface area contributed by atoms with Gasteiger partial charge in [0.25, 0.3) is 0 Å². The molecule has 7 aromatic rings. The van der Waals surface area contributed by atoms with Crippen molar-refractivity contribution in [3.8, 4) is 16.8 Å². The van der Waals surface area contributed by atoms with Gasteiger partial charge in [0.05, 0.1) is 11.0 Å². The number of hydrogen-bond donors (Lipinski definition) is 0. The molecule has 7 rings (SSSR count). The van der Waals surface area contributed by atoms with Gasteiger partial charge in [0.15, 0.2) is 0 Å². The van der Waals surface area contributed by atoms with Crippen molar-refractivity contribution in [3.63, 3.8) is 0 Å². The van der Waals surface area contributed by atoms with Crippen LogP contribution < -0.4 is 0 Å². The predicted octanol–water partition coefficient (Wildman–Crippen LogP) is 10.8. The number of rotatable bonds is 5. The zero-order valence-corrected chi connectivity index (χ0v) is 22.8. The van der Waals surface area contributed by atoms with E-state index >= 15 is 0 Å². The quantitative estimate of drug-likeness (QED) is 0.190. The Morgan fingerprint density at radius 3 is 2.21 bits per heavy atom. The molecule has 0 amide bonds. The predicted molar refractivity (Wildman–Crippen MR) is 170 cm³/mol. The Bertz CT molecular complexity index is 2100. The standard InChI is InChI=1S/C36H24BrNO/c1-23(14-15-24(2)37)25-16-19-27(20-17-25)38-33-12-5-3-8-29(33)32-22-26(18-21-34(32)38)28-10-7-11-31-30-9-4-6-13-35(30)39-36(28)31/h3-22H,1-2H2/b15-14-. The molecule has 0 radical (unpaired) electrons. The lowest BCUT2D eigenvalue weighted by Gasteiger charge is -2.10. The van der Waals surface area contributed by atoms with Crippen LogP contribution in [0.2, 0.25) is 0 Å². The van der Waals surface area contributed by atoms with Crippen LogP contribution in [0.3, 0.4) is 0 Å². The summed E-state index contributed by atoms with van der Waals surface area (Å²) in [5.41, 5.74) is 9.55. The maximum Gasteiger partial charge on any atom is 0.143 e. The van der Waals surface area contributed by atoms with Crippen LogP contribution in [0.1, 0.15) is 5.56 Å². The third-order valence-electron chi connectivity index (χ3n) is 7.35.